The number of carbonyl (C=O) groups is 1. The van der Waals surface area contributed by atoms with E-state index in [-0.39, 0.29) is 19.7 Å². The van der Waals surface area contributed by atoms with Gasteiger partial charge in [0.25, 0.3) is 5.89 Å². The molecule has 0 radical (unpaired) electrons. The number of hydrogen-bond acceptors (Lipinski definition) is 6. The fourth-order valence-corrected chi connectivity index (χ4v) is 5.60. The van der Waals surface area contributed by atoms with Gasteiger partial charge in [-0.1, -0.05) is 106 Å². The van der Waals surface area contributed by atoms with Crippen LogP contribution in [0.2, 0.25) is 0 Å². The molecule has 0 bridgehead atoms. The maximum Gasteiger partial charge on any atom is 0.416 e. The van der Waals surface area contributed by atoms with Gasteiger partial charge in [0.2, 0.25) is 0 Å². The van der Waals surface area contributed by atoms with Crippen molar-refractivity contribution >= 4 is 16.7 Å². The molecule has 0 unspecified atom stereocenters. The fraction of sp³-hybridized carbons (Fsp3) is 0.472. The van der Waals surface area contributed by atoms with Crippen LogP contribution in [0.1, 0.15) is 94.1 Å². The Morgan fingerprint density at radius 1 is 0.822 bits per heavy atom. The summed E-state index contributed by atoms with van der Waals surface area (Å²) in [7, 11) is 0. The number of aryl methyl sites for hydroxylation is 1. The SMILES string of the molecule is CCCCCCCCCCCc1noc(-c2ccc(CN(CC(=O)OCC)Cc3ccc(C(F)(F)F)cc3)c3ccccc23)n1. The van der Waals surface area contributed by atoms with E-state index in [0.717, 1.165) is 53.3 Å². The van der Waals surface area contributed by atoms with Gasteiger partial charge in [0, 0.05) is 25.1 Å². The highest BCUT2D eigenvalue weighted by Gasteiger charge is 2.30. The first-order valence-electron chi connectivity index (χ1n) is 16.2. The molecule has 1 aromatic heterocycles. The molecule has 9 heteroatoms. The topological polar surface area (TPSA) is 68.5 Å². The number of fused-ring (bicyclic) bond motifs is 1. The second-order valence-corrected chi connectivity index (χ2v) is 11.6. The lowest BCUT2D eigenvalue weighted by molar-refractivity contribution is -0.144. The number of esters is 1. The number of ether oxygens (including phenoxy) is 1. The van der Waals surface area contributed by atoms with Crippen molar-refractivity contribution in [3.8, 4) is 11.5 Å². The van der Waals surface area contributed by atoms with Gasteiger partial charge in [0.1, 0.15) is 0 Å². The molecule has 0 spiro atoms. The molecule has 0 atom stereocenters. The number of nitrogens with zero attached hydrogens (tertiary/aromatic N) is 3. The quantitative estimate of drug-likeness (QED) is 0.0812. The molecule has 0 fully saturated rings. The Hall–Kier alpha value is -3.72. The molecule has 0 aliphatic rings. The molecule has 1 heterocycles. The number of alkyl halides is 3. The van der Waals surface area contributed by atoms with Crippen LogP contribution in [-0.4, -0.2) is 34.2 Å². The van der Waals surface area contributed by atoms with Gasteiger partial charge in [0.15, 0.2) is 5.82 Å². The molecule has 4 rings (SSSR count). The van der Waals surface area contributed by atoms with Crippen molar-refractivity contribution in [2.45, 2.75) is 97.3 Å². The summed E-state index contributed by atoms with van der Waals surface area (Å²) in [6.07, 6.45) is 7.66. The van der Waals surface area contributed by atoms with Gasteiger partial charge in [-0.15, -0.1) is 0 Å². The first kappa shape index (κ1) is 34.2. The summed E-state index contributed by atoms with van der Waals surface area (Å²) >= 11 is 0. The summed E-state index contributed by atoms with van der Waals surface area (Å²) in [5.41, 5.74) is 1.75. The number of rotatable bonds is 18. The zero-order valence-electron chi connectivity index (χ0n) is 26.4. The Morgan fingerprint density at radius 2 is 1.49 bits per heavy atom. The summed E-state index contributed by atoms with van der Waals surface area (Å²) in [5, 5.41) is 6.15. The summed E-state index contributed by atoms with van der Waals surface area (Å²) in [6.45, 7) is 4.88. The lowest BCUT2D eigenvalue weighted by Gasteiger charge is -2.23. The first-order chi connectivity index (χ1) is 21.8. The Kier molecular flexibility index (Phi) is 13.0. The van der Waals surface area contributed by atoms with E-state index in [9.17, 15) is 18.0 Å². The third-order valence-electron chi connectivity index (χ3n) is 7.96. The Morgan fingerprint density at radius 3 is 2.16 bits per heavy atom. The highest BCUT2D eigenvalue weighted by Crippen LogP contribution is 2.32. The monoisotopic (exact) mass is 623 g/mol. The molecule has 0 N–H and O–H groups in total. The van der Waals surface area contributed by atoms with Gasteiger partial charge in [-0.2, -0.15) is 18.2 Å². The van der Waals surface area contributed by atoms with Crippen molar-refractivity contribution < 1.29 is 27.2 Å². The minimum atomic E-state index is -4.41. The lowest BCUT2D eigenvalue weighted by atomic mass is 9.98. The molecule has 0 saturated carbocycles. The number of unbranched alkanes of at least 4 members (excludes halogenated alkanes) is 8. The van der Waals surface area contributed by atoms with Crippen molar-refractivity contribution in [3.05, 3.63) is 83.2 Å². The molecule has 6 nitrogen and oxygen atoms in total. The number of benzene rings is 3. The molecule has 0 aliphatic carbocycles. The Labute approximate surface area is 264 Å². The molecule has 0 aliphatic heterocycles. The van der Waals surface area contributed by atoms with Crippen LogP contribution in [0.4, 0.5) is 13.2 Å². The molecule has 4 aromatic rings. The zero-order chi connectivity index (χ0) is 32.1. The first-order valence-corrected chi connectivity index (χ1v) is 16.2. The molecular formula is C36H44F3N3O3. The second-order valence-electron chi connectivity index (χ2n) is 11.6. The number of carbonyl (C=O) groups excluding carboxylic acids is 1. The van der Waals surface area contributed by atoms with Crippen LogP contribution >= 0.6 is 0 Å². The average molecular weight is 624 g/mol. The highest BCUT2D eigenvalue weighted by molar-refractivity contribution is 5.96. The summed E-state index contributed by atoms with van der Waals surface area (Å²) in [5.74, 6) is 0.783. The second kappa shape index (κ2) is 17.1. The minimum Gasteiger partial charge on any atom is -0.465 e. The molecule has 0 amide bonds. The van der Waals surface area contributed by atoms with E-state index in [0.29, 0.717) is 23.8 Å². The molecular weight excluding hydrogens is 579 g/mol. The Bertz CT molecular complexity index is 1480. The Balaban J connectivity index is 1.45. The summed E-state index contributed by atoms with van der Waals surface area (Å²) in [4.78, 5) is 19.0. The molecule has 242 valence electrons. The molecule has 0 saturated heterocycles. The normalized spacial score (nSPS) is 11.9. The van der Waals surface area contributed by atoms with Crippen LogP contribution in [0.15, 0.2) is 65.2 Å². The van der Waals surface area contributed by atoms with Gasteiger partial charge in [-0.05, 0) is 53.4 Å². The third kappa shape index (κ3) is 10.4. The maximum absolute atomic E-state index is 13.1. The van der Waals surface area contributed by atoms with E-state index in [1.165, 1.54) is 57.1 Å². The predicted molar refractivity (Wildman–Crippen MR) is 170 cm³/mol. The number of hydrogen-bond donors (Lipinski definition) is 0. The van der Waals surface area contributed by atoms with Crippen LogP contribution in [0.5, 0.6) is 0 Å². The minimum absolute atomic E-state index is 0.00316. The molecule has 3 aromatic carbocycles. The predicted octanol–water partition coefficient (Wildman–Crippen LogP) is 9.55. The maximum atomic E-state index is 13.1. The van der Waals surface area contributed by atoms with Crippen molar-refractivity contribution in [1.82, 2.24) is 15.0 Å². The van der Waals surface area contributed by atoms with Gasteiger partial charge in [0.05, 0.1) is 18.7 Å². The van der Waals surface area contributed by atoms with Crippen molar-refractivity contribution in [2.75, 3.05) is 13.2 Å². The van der Waals surface area contributed by atoms with E-state index < -0.39 is 17.7 Å². The van der Waals surface area contributed by atoms with Gasteiger partial charge in [-0.25, -0.2) is 0 Å². The van der Waals surface area contributed by atoms with Gasteiger partial charge < -0.3 is 9.26 Å². The smallest absolute Gasteiger partial charge is 0.416 e. The van der Waals surface area contributed by atoms with Crippen molar-refractivity contribution in [1.29, 1.82) is 0 Å². The fourth-order valence-electron chi connectivity index (χ4n) is 5.60. The van der Waals surface area contributed by atoms with E-state index in [1.807, 2.05) is 41.3 Å². The van der Waals surface area contributed by atoms with Crippen LogP contribution in [0.25, 0.3) is 22.2 Å². The molecule has 45 heavy (non-hydrogen) atoms. The van der Waals surface area contributed by atoms with Crippen LogP contribution in [-0.2, 0) is 35.2 Å². The zero-order valence-corrected chi connectivity index (χ0v) is 26.4. The summed E-state index contributed by atoms with van der Waals surface area (Å²) in [6, 6.07) is 16.9. The number of halogens is 3. The summed E-state index contributed by atoms with van der Waals surface area (Å²) < 4.78 is 50.1. The van der Waals surface area contributed by atoms with E-state index in [2.05, 4.69) is 12.1 Å². The van der Waals surface area contributed by atoms with Crippen molar-refractivity contribution in [3.63, 3.8) is 0 Å². The highest BCUT2D eigenvalue weighted by atomic mass is 19.4. The van der Waals surface area contributed by atoms with E-state index in [1.54, 1.807) is 6.92 Å². The van der Waals surface area contributed by atoms with Gasteiger partial charge in [-0.3, -0.25) is 9.69 Å². The van der Waals surface area contributed by atoms with Crippen LogP contribution < -0.4 is 0 Å². The van der Waals surface area contributed by atoms with Gasteiger partial charge >= 0.3 is 12.1 Å². The number of aromatic nitrogens is 2. The van der Waals surface area contributed by atoms with Crippen LogP contribution in [0.3, 0.4) is 0 Å². The van der Waals surface area contributed by atoms with Crippen molar-refractivity contribution in [2.24, 2.45) is 0 Å². The lowest BCUT2D eigenvalue weighted by Crippen LogP contribution is -2.30. The van der Waals surface area contributed by atoms with E-state index >= 15 is 0 Å². The average Bonchev–Trinajstić information content (AvgIpc) is 3.49. The standard InChI is InChI=1S/C36H44F3N3O3/c1-3-5-6-7-8-9-10-11-12-17-33-40-35(45-41-33)32-23-20-28(30-15-13-14-16-31(30)32)25-42(26-34(43)44-4-2)24-27-18-21-29(22-19-27)36(37,38)39/h13-16,18-23H,3-12,17,24-26H2,1-2H3. The third-order valence-corrected chi connectivity index (χ3v) is 7.96. The largest absolute Gasteiger partial charge is 0.465 e. The van der Waals surface area contributed by atoms with Crippen LogP contribution in [0, 0.1) is 0 Å². The van der Waals surface area contributed by atoms with E-state index in [4.69, 9.17) is 14.2 Å².